The number of carboxylic acids is 1. The molecule has 0 aromatic heterocycles. The molecule has 1 saturated heterocycles. The van der Waals surface area contributed by atoms with Crippen LogP contribution < -0.4 is 5.32 Å². The lowest BCUT2D eigenvalue weighted by Crippen LogP contribution is -2.44. The second-order valence-corrected chi connectivity index (χ2v) is 7.97. The molecule has 1 saturated carbocycles. The fourth-order valence-corrected chi connectivity index (χ4v) is 4.95. The minimum atomic E-state index is -0.937. The van der Waals surface area contributed by atoms with Crippen LogP contribution in [0.4, 0.5) is 0 Å². The van der Waals surface area contributed by atoms with E-state index in [0.717, 1.165) is 30.5 Å². The maximum atomic E-state index is 12.6. The molecule has 3 aliphatic carbocycles. The molecule has 5 rings (SSSR count). The molecule has 26 heavy (non-hydrogen) atoms. The third kappa shape index (κ3) is 3.16. The summed E-state index contributed by atoms with van der Waals surface area (Å²) >= 11 is 0. The van der Waals surface area contributed by atoms with Gasteiger partial charge in [-0.3, -0.25) is 9.69 Å². The number of hydrogen-bond acceptors (Lipinski definition) is 3. The highest BCUT2D eigenvalue weighted by molar-refractivity contribution is 5.87. The quantitative estimate of drug-likeness (QED) is 0.797. The summed E-state index contributed by atoms with van der Waals surface area (Å²) in [6, 6.07) is 6.52. The Labute approximate surface area is 154 Å². The number of allylic oxidation sites excluding steroid dienone is 2. The van der Waals surface area contributed by atoms with Gasteiger partial charge in [-0.2, -0.15) is 0 Å². The number of aromatic carboxylic acids is 1. The van der Waals surface area contributed by atoms with Crippen LogP contribution in [0.25, 0.3) is 0 Å². The number of rotatable bonds is 5. The van der Waals surface area contributed by atoms with Crippen molar-refractivity contribution in [3.05, 3.63) is 47.5 Å². The molecule has 1 amide bonds. The maximum Gasteiger partial charge on any atom is 0.335 e. The minimum Gasteiger partial charge on any atom is -0.478 e. The highest BCUT2D eigenvalue weighted by atomic mass is 16.4. The van der Waals surface area contributed by atoms with E-state index in [2.05, 4.69) is 22.4 Å². The zero-order valence-electron chi connectivity index (χ0n) is 15.1. The van der Waals surface area contributed by atoms with E-state index in [4.69, 9.17) is 5.11 Å². The van der Waals surface area contributed by atoms with Gasteiger partial charge in [-0.05, 0) is 61.1 Å². The van der Waals surface area contributed by atoms with E-state index in [1.165, 1.54) is 12.8 Å². The molecule has 5 atom stereocenters. The zero-order valence-corrected chi connectivity index (χ0v) is 15.1. The lowest BCUT2D eigenvalue weighted by Gasteiger charge is -2.40. The first-order valence-electron chi connectivity index (χ1n) is 9.55. The van der Waals surface area contributed by atoms with Crippen LogP contribution in [0.15, 0.2) is 36.4 Å². The molecular weight excluding hydrogens is 328 g/mol. The highest BCUT2D eigenvalue weighted by Crippen LogP contribution is 2.48. The zero-order chi connectivity index (χ0) is 18.3. The van der Waals surface area contributed by atoms with Crippen LogP contribution in [0.2, 0.25) is 0 Å². The summed E-state index contributed by atoms with van der Waals surface area (Å²) < 4.78 is 0. The summed E-state index contributed by atoms with van der Waals surface area (Å²) in [4.78, 5) is 25.8. The summed E-state index contributed by atoms with van der Waals surface area (Å²) in [5.74, 6) is 1.96. The molecule has 2 N–H and O–H groups in total. The first-order chi connectivity index (χ1) is 12.5. The molecule has 1 aromatic rings. The number of carbonyl (C=O) groups excluding carboxylic acids is 1. The Balaban J connectivity index is 1.32. The van der Waals surface area contributed by atoms with Gasteiger partial charge in [0.2, 0.25) is 5.91 Å². The van der Waals surface area contributed by atoms with Crippen molar-refractivity contribution in [1.82, 2.24) is 10.2 Å². The third-order valence-corrected chi connectivity index (χ3v) is 6.57. The van der Waals surface area contributed by atoms with Gasteiger partial charge in [0.15, 0.2) is 0 Å². The molecule has 4 aliphatic rings. The SMILES string of the molecule is CC(C(=O)NCc1ccc(C(=O)O)cc1)N1CC2C3C=CC(CC3)C2C1. The standard InChI is InChI=1S/C21H26N2O3/c1-13(20(24)22-10-14-2-4-17(5-3-14)21(25)26)23-11-18-15-6-7-16(9-8-15)19(18)12-23/h2-7,13,15-16,18-19H,8-12H2,1H3,(H,22,24)(H,25,26). The van der Waals surface area contributed by atoms with E-state index < -0.39 is 5.97 Å². The second kappa shape index (κ2) is 6.88. The maximum absolute atomic E-state index is 12.6. The predicted octanol–water partition coefficient (Wildman–Crippen LogP) is 2.53. The molecule has 1 heterocycles. The summed E-state index contributed by atoms with van der Waals surface area (Å²) in [5.41, 5.74) is 1.17. The Morgan fingerprint density at radius 1 is 1.12 bits per heavy atom. The van der Waals surface area contributed by atoms with Crippen molar-refractivity contribution in [2.45, 2.75) is 32.4 Å². The topological polar surface area (TPSA) is 69.6 Å². The van der Waals surface area contributed by atoms with E-state index >= 15 is 0 Å². The number of likely N-dealkylation sites (tertiary alicyclic amines) is 1. The largest absolute Gasteiger partial charge is 0.478 e. The van der Waals surface area contributed by atoms with Crippen molar-refractivity contribution in [2.75, 3.05) is 13.1 Å². The van der Waals surface area contributed by atoms with E-state index in [1.54, 1.807) is 24.3 Å². The number of hydrogen-bond donors (Lipinski definition) is 2. The van der Waals surface area contributed by atoms with Gasteiger partial charge in [-0.1, -0.05) is 24.3 Å². The summed E-state index contributed by atoms with van der Waals surface area (Å²) in [6.07, 6.45) is 7.43. The lowest BCUT2D eigenvalue weighted by atomic mass is 9.64. The molecule has 0 radical (unpaired) electrons. The van der Waals surface area contributed by atoms with Crippen molar-refractivity contribution < 1.29 is 14.7 Å². The van der Waals surface area contributed by atoms with Crippen LogP contribution in [-0.2, 0) is 11.3 Å². The van der Waals surface area contributed by atoms with Crippen LogP contribution in [0.3, 0.4) is 0 Å². The number of benzene rings is 1. The van der Waals surface area contributed by atoms with Crippen LogP contribution >= 0.6 is 0 Å². The van der Waals surface area contributed by atoms with E-state index in [0.29, 0.717) is 18.4 Å². The molecule has 0 spiro atoms. The normalized spacial score (nSPS) is 30.8. The van der Waals surface area contributed by atoms with Gasteiger partial charge in [0.25, 0.3) is 0 Å². The number of amides is 1. The molecule has 138 valence electrons. The van der Waals surface area contributed by atoms with Crippen LogP contribution in [0.1, 0.15) is 35.7 Å². The first-order valence-corrected chi connectivity index (χ1v) is 9.55. The van der Waals surface area contributed by atoms with E-state index in [9.17, 15) is 9.59 Å². The fraction of sp³-hybridized carbons (Fsp3) is 0.524. The fourth-order valence-electron chi connectivity index (χ4n) is 4.95. The number of nitrogens with zero attached hydrogens (tertiary/aromatic N) is 1. The summed E-state index contributed by atoms with van der Waals surface area (Å²) in [5, 5.41) is 11.9. The van der Waals surface area contributed by atoms with Crippen LogP contribution in [-0.4, -0.2) is 41.0 Å². The van der Waals surface area contributed by atoms with E-state index in [-0.39, 0.29) is 17.5 Å². The Hall–Kier alpha value is -2.14. The third-order valence-electron chi connectivity index (χ3n) is 6.57. The Bertz CT molecular complexity index is 705. The first kappa shape index (κ1) is 17.3. The van der Waals surface area contributed by atoms with Gasteiger partial charge in [-0.25, -0.2) is 4.79 Å². The smallest absolute Gasteiger partial charge is 0.335 e. The van der Waals surface area contributed by atoms with Gasteiger partial charge in [0.05, 0.1) is 11.6 Å². The molecule has 5 unspecified atom stereocenters. The second-order valence-electron chi connectivity index (χ2n) is 7.97. The van der Waals surface area contributed by atoms with Crippen molar-refractivity contribution in [3.63, 3.8) is 0 Å². The van der Waals surface area contributed by atoms with Crippen LogP contribution in [0.5, 0.6) is 0 Å². The average molecular weight is 354 g/mol. The number of fused-ring (bicyclic) bond motifs is 1. The molecule has 5 heteroatoms. The number of carboxylic acid groups (broad SMARTS) is 1. The lowest BCUT2D eigenvalue weighted by molar-refractivity contribution is -0.125. The Kier molecular flexibility index (Phi) is 4.57. The number of nitrogens with one attached hydrogen (secondary N) is 1. The molecule has 1 aromatic carbocycles. The van der Waals surface area contributed by atoms with Gasteiger partial charge >= 0.3 is 5.97 Å². The Morgan fingerprint density at radius 3 is 2.19 bits per heavy atom. The minimum absolute atomic E-state index is 0.0475. The monoisotopic (exact) mass is 354 g/mol. The molecule has 5 nitrogen and oxygen atoms in total. The van der Waals surface area contributed by atoms with E-state index in [1.807, 2.05) is 6.92 Å². The molecule has 1 aliphatic heterocycles. The molecule has 2 bridgehead atoms. The highest BCUT2D eigenvalue weighted by Gasteiger charge is 2.47. The molecular formula is C21H26N2O3. The molecule has 2 fully saturated rings. The summed E-state index contributed by atoms with van der Waals surface area (Å²) in [6.45, 7) is 4.47. The number of carbonyl (C=O) groups is 2. The van der Waals surface area contributed by atoms with Gasteiger partial charge in [-0.15, -0.1) is 0 Å². The van der Waals surface area contributed by atoms with Gasteiger partial charge < -0.3 is 10.4 Å². The average Bonchev–Trinajstić information content (AvgIpc) is 3.14. The summed E-state index contributed by atoms with van der Waals surface area (Å²) in [7, 11) is 0. The van der Waals surface area contributed by atoms with Crippen molar-refractivity contribution in [1.29, 1.82) is 0 Å². The van der Waals surface area contributed by atoms with Crippen molar-refractivity contribution in [3.8, 4) is 0 Å². The van der Waals surface area contributed by atoms with Crippen LogP contribution in [0, 0.1) is 23.7 Å². The van der Waals surface area contributed by atoms with Crippen molar-refractivity contribution >= 4 is 11.9 Å². The Morgan fingerprint density at radius 2 is 1.69 bits per heavy atom. The van der Waals surface area contributed by atoms with Gasteiger partial charge in [0, 0.05) is 19.6 Å². The van der Waals surface area contributed by atoms with Gasteiger partial charge in [0.1, 0.15) is 0 Å². The predicted molar refractivity (Wildman–Crippen MR) is 98.6 cm³/mol. The van der Waals surface area contributed by atoms with Crippen molar-refractivity contribution in [2.24, 2.45) is 23.7 Å².